The van der Waals surface area contributed by atoms with Gasteiger partial charge in [-0.05, 0) is 25.1 Å². The van der Waals surface area contributed by atoms with Crippen LogP contribution in [0.5, 0.6) is 0 Å². The lowest BCUT2D eigenvalue weighted by Crippen LogP contribution is -2.24. The normalized spacial score (nSPS) is 12.0. The van der Waals surface area contributed by atoms with Crippen LogP contribution in [-0.4, -0.2) is 14.5 Å². The minimum absolute atomic E-state index is 0.120. The van der Waals surface area contributed by atoms with Crippen LogP contribution in [0, 0.1) is 6.92 Å². The Morgan fingerprint density at radius 3 is 2.64 bits per heavy atom. The first-order chi connectivity index (χ1) is 13.2. The highest BCUT2D eigenvalue weighted by molar-refractivity contribution is 7.19. The van der Waals surface area contributed by atoms with Crippen molar-refractivity contribution in [2.45, 2.75) is 19.6 Å². The van der Waals surface area contributed by atoms with Crippen molar-refractivity contribution in [1.82, 2.24) is 14.5 Å². The molecule has 10 heteroatoms. The van der Waals surface area contributed by atoms with Crippen LogP contribution in [0.2, 0.25) is 0 Å². The Morgan fingerprint density at radius 1 is 1.18 bits per heavy atom. The number of aromatic amines is 1. The average molecular weight is 423 g/mol. The SMILES string of the molecule is Cc1ccc(-c2csc3nc(Cn4cc(C(F)(F)F)ccc4=O)[nH]c(=O)c23)s1. The molecule has 0 saturated carbocycles. The summed E-state index contributed by atoms with van der Waals surface area (Å²) in [7, 11) is 0. The van der Waals surface area contributed by atoms with Gasteiger partial charge in [0.2, 0.25) is 0 Å². The Labute approximate surface area is 163 Å². The monoisotopic (exact) mass is 423 g/mol. The molecule has 1 N–H and O–H groups in total. The summed E-state index contributed by atoms with van der Waals surface area (Å²) in [6.45, 7) is 1.70. The smallest absolute Gasteiger partial charge is 0.308 e. The van der Waals surface area contributed by atoms with Crippen molar-refractivity contribution >= 4 is 32.9 Å². The lowest BCUT2D eigenvalue weighted by Gasteiger charge is -2.10. The fraction of sp³-hybridized carbons (Fsp3) is 0.167. The van der Waals surface area contributed by atoms with Crippen LogP contribution < -0.4 is 11.1 Å². The predicted molar refractivity (Wildman–Crippen MR) is 103 cm³/mol. The summed E-state index contributed by atoms with van der Waals surface area (Å²) in [6, 6.07) is 5.46. The molecule has 0 amide bonds. The first-order valence-electron chi connectivity index (χ1n) is 8.07. The maximum atomic E-state index is 12.9. The Kier molecular flexibility index (Phi) is 4.47. The van der Waals surface area contributed by atoms with E-state index in [1.54, 1.807) is 11.3 Å². The van der Waals surface area contributed by atoms with Crippen LogP contribution in [0.3, 0.4) is 0 Å². The van der Waals surface area contributed by atoms with E-state index in [9.17, 15) is 22.8 Å². The van der Waals surface area contributed by atoms with Gasteiger partial charge in [0, 0.05) is 33.0 Å². The van der Waals surface area contributed by atoms with Crippen molar-refractivity contribution in [3.63, 3.8) is 0 Å². The Hall–Kier alpha value is -2.72. The first kappa shape index (κ1) is 18.6. The van der Waals surface area contributed by atoms with Crippen LogP contribution in [-0.2, 0) is 12.7 Å². The minimum Gasteiger partial charge on any atom is -0.308 e. The number of pyridine rings is 1. The van der Waals surface area contributed by atoms with Crippen LogP contribution >= 0.6 is 22.7 Å². The second kappa shape index (κ2) is 6.71. The standard InChI is InChI=1S/C18H12F3N3O2S2/c1-9-2-4-12(28-9)11-8-27-17-15(11)16(26)22-13(23-17)7-24-6-10(18(19,20)21)3-5-14(24)25/h2-6,8H,7H2,1H3,(H,22,23,26). The predicted octanol–water partition coefficient (Wildman–Crippen LogP) is 4.25. The fourth-order valence-electron chi connectivity index (χ4n) is 2.81. The molecule has 0 fully saturated rings. The number of hydrogen-bond donors (Lipinski definition) is 1. The minimum atomic E-state index is -4.57. The third-order valence-corrected chi connectivity index (χ3v) is 6.04. The van der Waals surface area contributed by atoms with Crippen molar-refractivity contribution in [3.05, 3.63) is 72.8 Å². The molecular formula is C18H12F3N3O2S2. The molecule has 144 valence electrons. The number of halogens is 3. The van der Waals surface area contributed by atoms with Gasteiger partial charge < -0.3 is 9.55 Å². The van der Waals surface area contributed by atoms with Crippen molar-refractivity contribution < 1.29 is 13.2 Å². The van der Waals surface area contributed by atoms with E-state index in [-0.39, 0.29) is 17.9 Å². The van der Waals surface area contributed by atoms with E-state index in [0.717, 1.165) is 38.2 Å². The number of rotatable bonds is 3. The van der Waals surface area contributed by atoms with Gasteiger partial charge in [0.25, 0.3) is 11.1 Å². The average Bonchev–Trinajstić information content (AvgIpc) is 3.22. The molecule has 4 aromatic heterocycles. The third kappa shape index (κ3) is 3.40. The van der Waals surface area contributed by atoms with E-state index < -0.39 is 17.3 Å². The number of alkyl halides is 3. The van der Waals surface area contributed by atoms with Gasteiger partial charge in [-0.1, -0.05) is 0 Å². The highest BCUT2D eigenvalue weighted by Gasteiger charge is 2.31. The molecule has 4 heterocycles. The van der Waals surface area contributed by atoms with Crippen LogP contribution in [0.25, 0.3) is 20.7 Å². The fourth-order valence-corrected chi connectivity index (χ4v) is 4.74. The van der Waals surface area contributed by atoms with Crippen molar-refractivity contribution in [2.75, 3.05) is 0 Å². The molecule has 0 aliphatic heterocycles. The van der Waals surface area contributed by atoms with Gasteiger partial charge in [-0.3, -0.25) is 9.59 Å². The second-order valence-corrected chi connectivity index (χ2v) is 8.28. The summed E-state index contributed by atoms with van der Waals surface area (Å²) >= 11 is 2.83. The molecule has 5 nitrogen and oxygen atoms in total. The molecule has 0 aliphatic rings. The zero-order valence-electron chi connectivity index (χ0n) is 14.3. The number of nitrogens with one attached hydrogen (secondary N) is 1. The molecule has 0 spiro atoms. The molecule has 0 radical (unpaired) electrons. The van der Waals surface area contributed by atoms with Crippen molar-refractivity contribution in [3.8, 4) is 10.4 Å². The van der Waals surface area contributed by atoms with E-state index in [4.69, 9.17) is 0 Å². The maximum absolute atomic E-state index is 12.9. The largest absolute Gasteiger partial charge is 0.417 e. The van der Waals surface area contributed by atoms with E-state index >= 15 is 0 Å². The quantitative estimate of drug-likeness (QED) is 0.536. The van der Waals surface area contributed by atoms with Gasteiger partial charge >= 0.3 is 6.18 Å². The number of aromatic nitrogens is 3. The topological polar surface area (TPSA) is 67.8 Å². The highest BCUT2D eigenvalue weighted by Crippen LogP contribution is 2.35. The highest BCUT2D eigenvalue weighted by atomic mass is 32.1. The summed E-state index contributed by atoms with van der Waals surface area (Å²) in [6.07, 6.45) is -3.84. The summed E-state index contributed by atoms with van der Waals surface area (Å²) in [5.74, 6) is 0.120. The van der Waals surface area contributed by atoms with Gasteiger partial charge in [-0.25, -0.2) is 4.98 Å². The van der Waals surface area contributed by atoms with E-state index in [1.807, 2.05) is 24.4 Å². The Balaban J connectivity index is 1.76. The van der Waals surface area contributed by atoms with Crippen molar-refractivity contribution in [1.29, 1.82) is 0 Å². The lowest BCUT2D eigenvalue weighted by molar-refractivity contribution is -0.138. The third-order valence-electron chi connectivity index (χ3n) is 4.13. The molecule has 0 unspecified atom stereocenters. The van der Waals surface area contributed by atoms with Crippen molar-refractivity contribution in [2.24, 2.45) is 0 Å². The number of aryl methyl sites for hydroxylation is 1. The summed E-state index contributed by atoms with van der Waals surface area (Å²) in [4.78, 5) is 34.0. The number of fused-ring (bicyclic) bond motifs is 1. The van der Waals surface area contributed by atoms with E-state index in [1.165, 1.54) is 11.3 Å². The molecule has 4 rings (SSSR count). The van der Waals surface area contributed by atoms with Gasteiger partial charge in [0.05, 0.1) is 17.5 Å². The molecule has 4 aromatic rings. The van der Waals surface area contributed by atoms with Crippen LogP contribution in [0.4, 0.5) is 13.2 Å². The Morgan fingerprint density at radius 2 is 1.96 bits per heavy atom. The number of H-pyrrole nitrogens is 1. The molecular weight excluding hydrogens is 411 g/mol. The van der Waals surface area contributed by atoms with Crippen LogP contribution in [0.15, 0.2) is 45.4 Å². The van der Waals surface area contributed by atoms with Gasteiger partial charge in [0.1, 0.15) is 10.7 Å². The molecule has 0 bridgehead atoms. The Bertz CT molecular complexity index is 1300. The van der Waals surface area contributed by atoms with Gasteiger partial charge in [-0.15, -0.1) is 22.7 Å². The van der Waals surface area contributed by atoms with Crippen LogP contribution in [0.1, 0.15) is 16.3 Å². The molecule has 0 aliphatic carbocycles. The lowest BCUT2D eigenvalue weighted by atomic mass is 10.2. The van der Waals surface area contributed by atoms with Gasteiger partial charge in [-0.2, -0.15) is 13.2 Å². The zero-order chi connectivity index (χ0) is 20.1. The summed E-state index contributed by atoms with van der Waals surface area (Å²) in [5.41, 5.74) is -1.17. The van der Waals surface area contributed by atoms with E-state index in [0.29, 0.717) is 10.2 Å². The van der Waals surface area contributed by atoms with E-state index in [2.05, 4.69) is 9.97 Å². The number of hydrogen-bond acceptors (Lipinski definition) is 5. The molecule has 0 atom stereocenters. The number of nitrogens with zero attached hydrogens (tertiary/aromatic N) is 2. The first-order valence-corrected chi connectivity index (χ1v) is 9.77. The maximum Gasteiger partial charge on any atom is 0.417 e. The zero-order valence-corrected chi connectivity index (χ0v) is 16.0. The summed E-state index contributed by atoms with van der Waals surface area (Å²) < 4.78 is 39.5. The second-order valence-electron chi connectivity index (χ2n) is 6.13. The molecule has 0 aromatic carbocycles. The summed E-state index contributed by atoms with van der Waals surface area (Å²) in [5, 5.41) is 2.27. The van der Waals surface area contributed by atoms with Gasteiger partial charge in [0.15, 0.2) is 0 Å². The number of thiophene rings is 2. The molecule has 0 saturated heterocycles. The molecule has 28 heavy (non-hydrogen) atoms.